The number of halogens is 3. The molecule has 248 valence electrons. The van der Waals surface area contributed by atoms with E-state index in [0.717, 1.165) is 47.0 Å². The van der Waals surface area contributed by atoms with E-state index in [1.807, 2.05) is 24.3 Å². The quantitative estimate of drug-likeness (QED) is 0.180. The van der Waals surface area contributed by atoms with Gasteiger partial charge in [-0.3, -0.25) is 0 Å². The molecule has 0 aliphatic carbocycles. The van der Waals surface area contributed by atoms with E-state index in [1.54, 1.807) is 11.8 Å². The van der Waals surface area contributed by atoms with Gasteiger partial charge in [-0.2, -0.15) is 4.99 Å². The number of anilines is 1. The van der Waals surface area contributed by atoms with Crippen molar-refractivity contribution in [2.45, 2.75) is 72.2 Å². The zero-order valence-corrected chi connectivity index (χ0v) is 28.0. The van der Waals surface area contributed by atoms with E-state index in [9.17, 15) is 18.0 Å². The predicted molar refractivity (Wildman–Crippen MR) is 182 cm³/mol. The summed E-state index contributed by atoms with van der Waals surface area (Å²) in [4.78, 5) is 23.9. The van der Waals surface area contributed by atoms with Crippen LogP contribution in [-0.2, 0) is 0 Å². The minimum absolute atomic E-state index is 0.254. The molecular formula is C35H39F3N6O2S. The van der Waals surface area contributed by atoms with Gasteiger partial charge in [-0.1, -0.05) is 60.6 Å². The molecule has 8 nitrogen and oxygen atoms in total. The van der Waals surface area contributed by atoms with Crippen LogP contribution in [-0.4, -0.2) is 50.7 Å². The number of rotatable bonds is 9. The Hall–Kier alpha value is -4.32. The molecule has 0 radical (unpaired) electrons. The number of hydrogen-bond donors (Lipinski definition) is 1. The number of carbonyl (C=O) groups excluding carboxylic acids is 1. The second-order valence-corrected chi connectivity index (χ2v) is 13.0. The number of benzene rings is 3. The first-order chi connectivity index (χ1) is 22.4. The highest BCUT2D eigenvalue weighted by molar-refractivity contribution is 8.14. The SMILES string of the molecule is Cc1cc(C)c(N2/C(=N/C(=O)NCCCC(C)c3ccc(-c4ncn(-c5ccc(OC(F)(F)F)cc5)n4)cc3)SCCC2C)c(C)c1. The molecule has 1 aliphatic rings. The van der Waals surface area contributed by atoms with Crippen LogP contribution < -0.4 is 15.0 Å². The Morgan fingerprint density at radius 1 is 1.09 bits per heavy atom. The van der Waals surface area contributed by atoms with Crippen molar-refractivity contribution in [2.24, 2.45) is 4.99 Å². The average Bonchev–Trinajstić information content (AvgIpc) is 3.50. The third-order valence-corrected chi connectivity index (χ3v) is 9.13. The monoisotopic (exact) mass is 664 g/mol. The van der Waals surface area contributed by atoms with Gasteiger partial charge in [0.2, 0.25) is 0 Å². The van der Waals surface area contributed by atoms with E-state index in [0.29, 0.717) is 18.1 Å². The van der Waals surface area contributed by atoms with Gasteiger partial charge in [0.15, 0.2) is 11.0 Å². The van der Waals surface area contributed by atoms with Gasteiger partial charge >= 0.3 is 12.4 Å². The zero-order chi connectivity index (χ0) is 33.7. The Kier molecular flexibility index (Phi) is 10.6. The number of nitrogens with one attached hydrogen (secondary N) is 1. The predicted octanol–water partition coefficient (Wildman–Crippen LogP) is 8.74. The summed E-state index contributed by atoms with van der Waals surface area (Å²) in [6.07, 6.45) is -0.509. The van der Waals surface area contributed by atoms with Crippen LogP contribution in [0.15, 0.2) is 72.0 Å². The van der Waals surface area contributed by atoms with E-state index in [4.69, 9.17) is 0 Å². The second-order valence-electron chi connectivity index (χ2n) is 11.9. The van der Waals surface area contributed by atoms with Crippen LogP contribution in [0, 0.1) is 20.8 Å². The van der Waals surface area contributed by atoms with Crippen molar-refractivity contribution in [1.29, 1.82) is 0 Å². The molecular weight excluding hydrogens is 625 g/mol. The molecule has 0 spiro atoms. The van der Waals surface area contributed by atoms with Crippen LogP contribution in [0.1, 0.15) is 61.3 Å². The average molecular weight is 665 g/mol. The Morgan fingerprint density at radius 3 is 2.43 bits per heavy atom. The molecule has 2 heterocycles. The first kappa shape index (κ1) is 34.0. The van der Waals surface area contributed by atoms with Crippen LogP contribution in [0.25, 0.3) is 17.1 Å². The van der Waals surface area contributed by atoms with E-state index >= 15 is 0 Å². The Balaban J connectivity index is 1.13. The first-order valence-electron chi connectivity index (χ1n) is 15.6. The van der Waals surface area contributed by atoms with E-state index in [2.05, 4.69) is 76.8 Å². The summed E-state index contributed by atoms with van der Waals surface area (Å²) in [6.45, 7) is 11.2. The summed E-state index contributed by atoms with van der Waals surface area (Å²) < 4.78 is 42.7. The summed E-state index contributed by atoms with van der Waals surface area (Å²) in [5, 5.41) is 8.20. The molecule has 5 rings (SSSR count). The number of aliphatic imine (C=N–C) groups is 1. The number of aromatic nitrogens is 3. The molecule has 1 aliphatic heterocycles. The van der Waals surface area contributed by atoms with Crippen LogP contribution in [0.4, 0.5) is 23.7 Å². The van der Waals surface area contributed by atoms with Crippen LogP contribution >= 0.6 is 11.8 Å². The standard InChI is InChI=1S/C35H39F3N6O2S/c1-22-19-24(3)31(25(4)20-22)44-26(5)16-18-47-34(44)41-33(45)39-17-6-7-23(2)27-8-10-28(11-9-27)32-40-21-43(42-32)29-12-14-30(15-13-29)46-35(36,37)38/h8-15,19-21,23,26H,6-7,16-18H2,1-5H3,(H,39,45)/b41-34-. The first-order valence-corrected chi connectivity index (χ1v) is 16.6. The lowest BCUT2D eigenvalue weighted by atomic mass is 9.95. The summed E-state index contributed by atoms with van der Waals surface area (Å²) >= 11 is 1.63. The number of thioether (sulfide) groups is 1. The molecule has 3 aromatic carbocycles. The number of aryl methyl sites for hydroxylation is 3. The lowest BCUT2D eigenvalue weighted by Gasteiger charge is -2.37. The highest BCUT2D eigenvalue weighted by atomic mass is 32.2. The second kappa shape index (κ2) is 14.6. The summed E-state index contributed by atoms with van der Waals surface area (Å²) in [6, 6.07) is 17.7. The Labute approximate surface area is 277 Å². The zero-order valence-electron chi connectivity index (χ0n) is 27.1. The highest BCUT2D eigenvalue weighted by Crippen LogP contribution is 2.35. The molecule has 47 heavy (non-hydrogen) atoms. The van der Waals surface area contributed by atoms with Crippen molar-refractivity contribution in [2.75, 3.05) is 17.2 Å². The molecule has 2 atom stereocenters. The van der Waals surface area contributed by atoms with Crippen molar-refractivity contribution in [3.8, 4) is 22.8 Å². The third kappa shape index (κ3) is 8.73. The van der Waals surface area contributed by atoms with Gasteiger partial charge in [0.1, 0.15) is 12.1 Å². The summed E-state index contributed by atoms with van der Waals surface area (Å²) in [5.74, 6) is 1.40. The van der Waals surface area contributed by atoms with Gasteiger partial charge in [-0.05, 0) is 93.8 Å². The number of hydrogen-bond acceptors (Lipinski definition) is 5. The Morgan fingerprint density at radius 2 is 1.77 bits per heavy atom. The van der Waals surface area contributed by atoms with Crippen molar-refractivity contribution in [3.63, 3.8) is 0 Å². The lowest BCUT2D eigenvalue weighted by molar-refractivity contribution is -0.274. The number of carbonyl (C=O) groups is 1. The van der Waals surface area contributed by atoms with Gasteiger partial charge in [0.25, 0.3) is 0 Å². The fraction of sp³-hybridized carbons (Fsp3) is 0.371. The van der Waals surface area contributed by atoms with Gasteiger partial charge in [-0.15, -0.1) is 18.3 Å². The van der Waals surface area contributed by atoms with E-state index in [1.165, 1.54) is 52.0 Å². The van der Waals surface area contributed by atoms with Crippen molar-refractivity contribution in [3.05, 3.63) is 89.2 Å². The molecule has 1 fully saturated rings. The topological polar surface area (TPSA) is 84.6 Å². The molecule has 12 heteroatoms. The Bertz CT molecular complexity index is 1700. The third-order valence-electron chi connectivity index (χ3n) is 8.14. The molecule has 0 bridgehead atoms. The minimum Gasteiger partial charge on any atom is -0.406 e. The number of amides is 2. The largest absolute Gasteiger partial charge is 0.573 e. The van der Waals surface area contributed by atoms with Gasteiger partial charge in [0.05, 0.1) is 5.69 Å². The minimum atomic E-state index is -4.74. The molecule has 4 aromatic rings. The van der Waals surface area contributed by atoms with Gasteiger partial charge < -0.3 is 15.0 Å². The van der Waals surface area contributed by atoms with Crippen LogP contribution in [0.5, 0.6) is 5.75 Å². The summed E-state index contributed by atoms with van der Waals surface area (Å²) in [7, 11) is 0. The maximum absolute atomic E-state index is 12.9. The van der Waals surface area contributed by atoms with Gasteiger partial charge in [0, 0.05) is 29.6 Å². The fourth-order valence-corrected chi connectivity index (χ4v) is 7.04. The lowest BCUT2D eigenvalue weighted by Crippen LogP contribution is -2.43. The number of alkyl halides is 3. The molecule has 0 saturated carbocycles. The maximum atomic E-state index is 12.9. The fourth-order valence-electron chi connectivity index (χ4n) is 5.84. The maximum Gasteiger partial charge on any atom is 0.573 e. The molecule has 1 aromatic heterocycles. The normalized spacial score (nSPS) is 16.7. The highest BCUT2D eigenvalue weighted by Gasteiger charge is 2.31. The van der Waals surface area contributed by atoms with Crippen molar-refractivity contribution < 1.29 is 22.7 Å². The summed E-state index contributed by atoms with van der Waals surface area (Å²) in [5.41, 5.74) is 7.27. The number of ether oxygens (including phenoxy) is 1. The molecule has 2 amide bonds. The molecule has 2 unspecified atom stereocenters. The number of amidine groups is 1. The van der Waals surface area contributed by atoms with E-state index < -0.39 is 6.36 Å². The smallest absolute Gasteiger partial charge is 0.406 e. The van der Waals surface area contributed by atoms with Crippen LogP contribution in [0.2, 0.25) is 0 Å². The molecule has 1 N–H and O–H groups in total. The van der Waals surface area contributed by atoms with Crippen molar-refractivity contribution >= 4 is 28.6 Å². The number of nitrogens with zero attached hydrogens (tertiary/aromatic N) is 5. The van der Waals surface area contributed by atoms with Crippen LogP contribution in [0.3, 0.4) is 0 Å². The van der Waals surface area contributed by atoms with E-state index in [-0.39, 0.29) is 23.7 Å². The molecule has 1 saturated heterocycles. The van der Waals surface area contributed by atoms with Gasteiger partial charge in [-0.25, -0.2) is 14.5 Å². The van der Waals surface area contributed by atoms with Crippen molar-refractivity contribution in [1.82, 2.24) is 20.1 Å². The number of urea groups is 1.